The van der Waals surface area contributed by atoms with Crippen molar-refractivity contribution in [1.82, 2.24) is 14.5 Å². The molecule has 0 saturated carbocycles. The number of rotatable bonds is 4. The first-order chi connectivity index (χ1) is 6.15. The third-order valence-corrected chi connectivity index (χ3v) is 2.85. The minimum Gasteiger partial charge on any atom is -0.377 e. The fraction of sp³-hybridized carbons (Fsp3) is 0.750. The SMILES string of the molecule is CNc1snnc1CN(C)C(C)C. The first-order valence-electron chi connectivity index (χ1n) is 4.34. The molecule has 1 N–H and O–H groups in total. The van der Waals surface area contributed by atoms with Gasteiger partial charge in [-0.1, -0.05) is 4.49 Å². The summed E-state index contributed by atoms with van der Waals surface area (Å²) in [6, 6.07) is 0.534. The average molecular weight is 200 g/mol. The molecule has 0 unspecified atom stereocenters. The molecule has 0 radical (unpaired) electrons. The zero-order valence-corrected chi connectivity index (χ0v) is 9.35. The zero-order chi connectivity index (χ0) is 9.84. The molecule has 0 saturated heterocycles. The Labute approximate surface area is 83.1 Å². The first kappa shape index (κ1) is 10.4. The molecule has 1 aromatic heterocycles. The summed E-state index contributed by atoms with van der Waals surface area (Å²) in [4.78, 5) is 2.23. The second-order valence-corrected chi connectivity index (χ2v) is 4.06. The Kier molecular flexibility index (Phi) is 3.62. The molecule has 0 aliphatic heterocycles. The molecule has 5 heteroatoms. The predicted molar refractivity (Wildman–Crippen MR) is 56.1 cm³/mol. The van der Waals surface area contributed by atoms with Crippen molar-refractivity contribution >= 4 is 16.5 Å². The summed E-state index contributed by atoms with van der Waals surface area (Å²) in [5, 5.41) is 8.22. The van der Waals surface area contributed by atoms with Gasteiger partial charge in [-0.2, -0.15) is 0 Å². The Morgan fingerprint density at radius 1 is 1.54 bits per heavy atom. The number of hydrogen-bond donors (Lipinski definition) is 1. The minimum absolute atomic E-state index is 0.534. The Morgan fingerprint density at radius 2 is 2.23 bits per heavy atom. The Morgan fingerprint density at radius 3 is 2.77 bits per heavy atom. The molecular formula is C8H16N4S. The van der Waals surface area contributed by atoms with Crippen LogP contribution in [0, 0.1) is 0 Å². The van der Waals surface area contributed by atoms with E-state index in [4.69, 9.17) is 0 Å². The lowest BCUT2D eigenvalue weighted by molar-refractivity contribution is 0.263. The molecule has 0 amide bonds. The van der Waals surface area contributed by atoms with Crippen molar-refractivity contribution in [2.75, 3.05) is 19.4 Å². The summed E-state index contributed by atoms with van der Waals surface area (Å²) in [5.74, 6) is 0. The van der Waals surface area contributed by atoms with E-state index in [1.807, 2.05) is 7.05 Å². The fourth-order valence-electron chi connectivity index (χ4n) is 0.921. The van der Waals surface area contributed by atoms with Gasteiger partial charge in [-0.05, 0) is 20.9 Å². The van der Waals surface area contributed by atoms with Crippen molar-refractivity contribution in [2.24, 2.45) is 0 Å². The van der Waals surface area contributed by atoms with Crippen LogP contribution in [0.4, 0.5) is 5.00 Å². The van der Waals surface area contributed by atoms with Crippen LogP contribution in [0.25, 0.3) is 0 Å². The fourth-order valence-corrected chi connectivity index (χ4v) is 1.44. The third-order valence-electron chi connectivity index (χ3n) is 2.06. The van der Waals surface area contributed by atoms with Gasteiger partial charge in [0, 0.05) is 31.2 Å². The van der Waals surface area contributed by atoms with E-state index in [2.05, 4.69) is 40.7 Å². The molecular weight excluding hydrogens is 184 g/mol. The molecule has 0 spiro atoms. The van der Waals surface area contributed by atoms with Gasteiger partial charge < -0.3 is 5.32 Å². The summed E-state index contributed by atoms with van der Waals surface area (Å²) in [6.07, 6.45) is 0. The van der Waals surface area contributed by atoms with Crippen LogP contribution >= 0.6 is 11.5 Å². The van der Waals surface area contributed by atoms with E-state index in [-0.39, 0.29) is 0 Å². The highest BCUT2D eigenvalue weighted by Crippen LogP contribution is 2.18. The van der Waals surface area contributed by atoms with Crippen molar-refractivity contribution in [3.63, 3.8) is 0 Å². The minimum atomic E-state index is 0.534. The molecule has 0 bridgehead atoms. The van der Waals surface area contributed by atoms with E-state index in [1.54, 1.807) is 0 Å². The van der Waals surface area contributed by atoms with E-state index < -0.39 is 0 Å². The topological polar surface area (TPSA) is 41.1 Å². The van der Waals surface area contributed by atoms with Gasteiger partial charge in [0.25, 0.3) is 0 Å². The molecule has 0 atom stereocenters. The highest BCUT2D eigenvalue weighted by molar-refractivity contribution is 7.10. The van der Waals surface area contributed by atoms with Gasteiger partial charge in [-0.25, -0.2) is 0 Å². The van der Waals surface area contributed by atoms with E-state index >= 15 is 0 Å². The Hall–Kier alpha value is -0.680. The number of nitrogens with zero attached hydrogens (tertiary/aromatic N) is 3. The highest BCUT2D eigenvalue weighted by atomic mass is 32.1. The Bertz CT molecular complexity index is 258. The lowest BCUT2D eigenvalue weighted by Gasteiger charge is -2.19. The summed E-state index contributed by atoms with van der Waals surface area (Å²) in [6.45, 7) is 5.18. The molecule has 0 aliphatic rings. The molecule has 4 nitrogen and oxygen atoms in total. The quantitative estimate of drug-likeness (QED) is 0.798. The Balaban J connectivity index is 2.62. The largest absolute Gasteiger partial charge is 0.377 e. The van der Waals surface area contributed by atoms with Gasteiger partial charge in [0.2, 0.25) is 0 Å². The summed E-state index contributed by atoms with van der Waals surface area (Å²) < 4.78 is 3.91. The molecule has 1 aromatic rings. The van der Waals surface area contributed by atoms with Crippen LogP contribution in [0.3, 0.4) is 0 Å². The summed E-state index contributed by atoms with van der Waals surface area (Å²) in [7, 11) is 3.98. The van der Waals surface area contributed by atoms with Crippen molar-refractivity contribution in [1.29, 1.82) is 0 Å². The predicted octanol–water partition coefficient (Wildman–Crippen LogP) is 1.42. The van der Waals surface area contributed by atoms with Crippen LogP contribution in [0.2, 0.25) is 0 Å². The second kappa shape index (κ2) is 4.53. The smallest absolute Gasteiger partial charge is 0.134 e. The van der Waals surface area contributed by atoms with Crippen LogP contribution in [0.5, 0.6) is 0 Å². The molecule has 0 aliphatic carbocycles. The van der Waals surface area contributed by atoms with Gasteiger partial charge in [0.05, 0.1) is 0 Å². The van der Waals surface area contributed by atoms with E-state index in [1.165, 1.54) is 11.5 Å². The van der Waals surface area contributed by atoms with Crippen LogP contribution in [0.1, 0.15) is 19.5 Å². The molecule has 0 fully saturated rings. The second-order valence-electron chi connectivity index (χ2n) is 3.31. The maximum absolute atomic E-state index is 4.07. The standard InChI is InChI=1S/C8H16N4S/c1-6(2)12(4)5-7-8(9-3)13-11-10-7/h6,9H,5H2,1-4H3. The van der Waals surface area contributed by atoms with Gasteiger partial charge >= 0.3 is 0 Å². The molecule has 0 aromatic carbocycles. The maximum atomic E-state index is 4.07. The third kappa shape index (κ3) is 2.63. The zero-order valence-electron chi connectivity index (χ0n) is 8.53. The summed E-state index contributed by atoms with van der Waals surface area (Å²) in [5.41, 5.74) is 1.03. The number of hydrogen-bond acceptors (Lipinski definition) is 5. The molecule has 74 valence electrons. The number of aromatic nitrogens is 2. The van der Waals surface area contributed by atoms with Crippen molar-refractivity contribution in [2.45, 2.75) is 26.4 Å². The first-order valence-corrected chi connectivity index (χ1v) is 5.11. The lowest BCUT2D eigenvalue weighted by Crippen LogP contribution is -2.26. The molecule has 13 heavy (non-hydrogen) atoms. The van der Waals surface area contributed by atoms with Gasteiger partial charge in [0.1, 0.15) is 10.7 Å². The average Bonchev–Trinajstić information content (AvgIpc) is 2.51. The normalized spacial score (nSPS) is 11.2. The van der Waals surface area contributed by atoms with Crippen molar-refractivity contribution in [3.05, 3.63) is 5.69 Å². The molecule has 1 heterocycles. The van der Waals surface area contributed by atoms with Crippen LogP contribution in [0.15, 0.2) is 0 Å². The van der Waals surface area contributed by atoms with Crippen molar-refractivity contribution < 1.29 is 0 Å². The number of nitrogens with one attached hydrogen (secondary N) is 1. The summed E-state index contributed by atoms with van der Waals surface area (Å²) >= 11 is 1.40. The van der Waals surface area contributed by atoms with Gasteiger partial charge in [-0.3, -0.25) is 4.90 Å². The van der Waals surface area contributed by atoms with Crippen LogP contribution < -0.4 is 5.32 Å². The van der Waals surface area contributed by atoms with Crippen LogP contribution in [-0.2, 0) is 6.54 Å². The van der Waals surface area contributed by atoms with E-state index in [0.29, 0.717) is 6.04 Å². The van der Waals surface area contributed by atoms with E-state index in [0.717, 1.165) is 17.2 Å². The highest BCUT2D eigenvalue weighted by Gasteiger charge is 2.10. The van der Waals surface area contributed by atoms with Crippen LogP contribution in [-0.4, -0.2) is 34.6 Å². The molecule has 1 rings (SSSR count). The van der Waals surface area contributed by atoms with E-state index in [9.17, 15) is 0 Å². The monoisotopic (exact) mass is 200 g/mol. The maximum Gasteiger partial charge on any atom is 0.134 e. The lowest BCUT2D eigenvalue weighted by atomic mass is 10.3. The van der Waals surface area contributed by atoms with Gasteiger partial charge in [0.15, 0.2) is 0 Å². The number of anilines is 1. The van der Waals surface area contributed by atoms with Crippen molar-refractivity contribution in [3.8, 4) is 0 Å². The van der Waals surface area contributed by atoms with Gasteiger partial charge in [-0.15, -0.1) is 5.10 Å².